The summed E-state index contributed by atoms with van der Waals surface area (Å²) in [5.41, 5.74) is 7.47. The molecule has 36 heavy (non-hydrogen) atoms. The second kappa shape index (κ2) is 10.4. The first kappa shape index (κ1) is 23.8. The Balaban J connectivity index is 1.28. The first-order valence-electron chi connectivity index (χ1n) is 11.6. The number of nitrogens with zero attached hydrogens (tertiary/aromatic N) is 3. The summed E-state index contributed by atoms with van der Waals surface area (Å²) in [7, 11) is 0. The molecule has 0 saturated heterocycles. The van der Waals surface area contributed by atoms with Crippen molar-refractivity contribution in [2.24, 2.45) is 0 Å². The quantitative estimate of drug-likeness (QED) is 0.292. The van der Waals surface area contributed by atoms with Gasteiger partial charge in [0.2, 0.25) is 5.91 Å². The van der Waals surface area contributed by atoms with Crippen molar-refractivity contribution in [3.8, 4) is 33.8 Å². The molecule has 0 fully saturated rings. The van der Waals surface area contributed by atoms with Gasteiger partial charge in [-0.15, -0.1) is 23.1 Å². The Bertz CT molecular complexity index is 1540. The average molecular weight is 507 g/mol. The summed E-state index contributed by atoms with van der Waals surface area (Å²) in [5, 5.41) is 23.5. The van der Waals surface area contributed by atoms with E-state index in [0.717, 1.165) is 40.1 Å². The third-order valence-corrected chi connectivity index (χ3v) is 8.35. The van der Waals surface area contributed by atoms with Gasteiger partial charge in [-0.3, -0.25) is 4.79 Å². The SMILES string of the molecule is Cc1ccc(-c2ccc(C#N)c(SCCC(=O)Nc3sc4c(c3C#N)CCc3ccccc3-4)n2)cc1. The molecule has 0 atom stereocenters. The van der Waals surface area contributed by atoms with E-state index in [0.29, 0.717) is 26.9 Å². The van der Waals surface area contributed by atoms with Gasteiger partial charge in [0.1, 0.15) is 22.2 Å². The van der Waals surface area contributed by atoms with E-state index in [2.05, 4.69) is 34.6 Å². The Labute approximate surface area is 218 Å². The maximum atomic E-state index is 12.8. The predicted octanol–water partition coefficient (Wildman–Crippen LogP) is 6.75. The van der Waals surface area contributed by atoms with Crippen LogP contribution in [-0.2, 0) is 17.6 Å². The average Bonchev–Trinajstić information content (AvgIpc) is 3.26. The van der Waals surface area contributed by atoms with Crippen LogP contribution in [0.5, 0.6) is 0 Å². The fourth-order valence-electron chi connectivity index (χ4n) is 4.30. The molecule has 1 aliphatic carbocycles. The highest BCUT2D eigenvalue weighted by atomic mass is 32.2. The van der Waals surface area contributed by atoms with Gasteiger partial charge in [0.15, 0.2) is 0 Å². The summed E-state index contributed by atoms with van der Waals surface area (Å²) in [5.74, 6) is 0.319. The second-order valence-electron chi connectivity index (χ2n) is 8.56. The molecule has 5 rings (SSSR count). The Hall–Kier alpha value is -3.91. The lowest BCUT2D eigenvalue weighted by molar-refractivity contribution is -0.115. The molecule has 5 nitrogen and oxygen atoms in total. The van der Waals surface area contributed by atoms with Gasteiger partial charge < -0.3 is 5.32 Å². The van der Waals surface area contributed by atoms with Crippen molar-refractivity contribution in [2.45, 2.75) is 31.2 Å². The van der Waals surface area contributed by atoms with Crippen LogP contribution in [-0.4, -0.2) is 16.6 Å². The van der Waals surface area contributed by atoms with Gasteiger partial charge >= 0.3 is 0 Å². The zero-order valence-corrected chi connectivity index (χ0v) is 21.3. The highest BCUT2D eigenvalue weighted by molar-refractivity contribution is 7.99. The zero-order valence-electron chi connectivity index (χ0n) is 19.7. The second-order valence-corrected chi connectivity index (χ2v) is 10.7. The Morgan fingerprint density at radius 3 is 2.64 bits per heavy atom. The van der Waals surface area contributed by atoms with E-state index in [1.807, 2.05) is 49.4 Å². The van der Waals surface area contributed by atoms with E-state index in [-0.39, 0.29) is 12.3 Å². The van der Waals surface area contributed by atoms with Crippen LogP contribution in [0.2, 0.25) is 0 Å². The molecule has 176 valence electrons. The van der Waals surface area contributed by atoms with Crippen LogP contribution in [0.1, 0.15) is 34.2 Å². The number of aromatic nitrogens is 1. The number of hydrogen-bond acceptors (Lipinski definition) is 6. The minimum absolute atomic E-state index is 0.154. The van der Waals surface area contributed by atoms with E-state index in [4.69, 9.17) is 0 Å². The molecule has 0 aliphatic heterocycles. The maximum absolute atomic E-state index is 12.8. The summed E-state index contributed by atoms with van der Waals surface area (Å²) in [4.78, 5) is 18.6. The monoisotopic (exact) mass is 506 g/mol. The number of hydrogen-bond donors (Lipinski definition) is 1. The van der Waals surface area contributed by atoms with E-state index >= 15 is 0 Å². The predicted molar refractivity (Wildman–Crippen MR) is 145 cm³/mol. The number of rotatable bonds is 6. The number of carbonyl (C=O) groups excluding carboxylic acids is 1. The van der Waals surface area contributed by atoms with Crippen LogP contribution < -0.4 is 5.32 Å². The van der Waals surface area contributed by atoms with Gasteiger partial charge in [0.25, 0.3) is 0 Å². The number of fused-ring (bicyclic) bond motifs is 3. The third kappa shape index (κ3) is 4.77. The highest BCUT2D eigenvalue weighted by Crippen LogP contribution is 2.44. The molecule has 0 radical (unpaired) electrons. The molecule has 2 aromatic carbocycles. The first-order valence-corrected chi connectivity index (χ1v) is 13.4. The summed E-state index contributed by atoms with van der Waals surface area (Å²) in [6.45, 7) is 2.03. The fraction of sp³-hybridized carbons (Fsp3) is 0.172. The fourth-order valence-corrected chi connectivity index (χ4v) is 6.49. The molecule has 1 N–H and O–H groups in total. The molecule has 4 aromatic rings. The van der Waals surface area contributed by atoms with Crippen LogP contribution in [0.3, 0.4) is 0 Å². The summed E-state index contributed by atoms with van der Waals surface area (Å²) < 4.78 is 0. The van der Waals surface area contributed by atoms with Crippen LogP contribution in [0.4, 0.5) is 5.00 Å². The molecule has 2 aromatic heterocycles. The van der Waals surface area contributed by atoms with Gasteiger partial charge in [-0.2, -0.15) is 10.5 Å². The van der Waals surface area contributed by atoms with E-state index in [9.17, 15) is 15.3 Å². The standard InChI is InChI=1S/C29H22N4OS2/c1-18-6-8-20(9-7-18)25-13-11-21(16-30)28(32-25)35-15-14-26(34)33-29-24(17-31)23-12-10-19-4-2-3-5-22(19)27(23)36-29/h2-9,11,13H,10,12,14-15H2,1H3,(H,33,34). The van der Waals surface area contributed by atoms with Gasteiger partial charge in [-0.1, -0.05) is 54.1 Å². The van der Waals surface area contributed by atoms with E-state index in [1.54, 1.807) is 6.07 Å². The summed E-state index contributed by atoms with van der Waals surface area (Å²) in [6, 6.07) is 24.5. The largest absolute Gasteiger partial charge is 0.317 e. The normalized spacial score (nSPS) is 11.6. The van der Waals surface area contributed by atoms with Gasteiger partial charge in [0, 0.05) is 22.6 Å². The lowest BCUT2D eigenvalue weighted by Gasteiger charge is -2.15. The Kier molecular flexibility index (Phi) is 6.86. The van der Waals surface area contributed by atoms with E-state index in [1.165, 1.54) is 34.2 Å². The number of benzene rings is 2. The smallest absolute Gasteiger partial charge is 0.225 e. The van der Waals surface area contributed by atoms with Gasteiger partial charge in [-0.05, 0) is 48.6 Å². The number of aryl methyl sites for hydroxylation is 2. The first-order chi connectivity index (χ1) is 17.6. The van der Waals surface area contributed by atoms with Crippen molar-refractivity contribution in [2.75, 3.05) is 11.1 Å². The molecule has 2 heterocycles. The highest BCUT2D eigenvalue weighted by Gasteiger charge is 2.25. The minimum Gasteiger partial charge on any atom is -0.317 e. The number of nitrogens with one attached hydrogen (secondary N) is 1. The van der Waals surface area contributed by atoms with Crippen molar-refractivity contribution in [3.63, 3.8) is 0 Å². The number of carbonyl (C=O) groups is 1. The van der Waals surface area contributed by atoms with Crippen molar-refractivity contribution >= 4 is 34.0 Å². The van der Waals surface area contributed by atoms with Crippen molar-refractivity contribution in [3.05, 3.63) is 88.5 Å². The molecule has 1 amide bonds. The molecule has 0 bridgehead atoms. The van der Waals surface area contributed by atoms with Gasteiger partial charge in [-0.25, -0.2) is 4.98 Å². The Morgan fingerprint density at radius 1 is 1.06 bits per heavy atom. The van der Waals surface area contributed by atoms with Crippen molar-refractivity contribution < 1.29 is 4.79 Å². The van der Waals surface area contributed by atoms with Crippen LogP contribution in [0.25, 0.3) is 21.7 Å². The minimum atomic E-state index is -0.154. The number of pyridine rings is 1. The van der Waals surface area contributed by atoms with Crippen LogP contribution >= 0.6 is 23.1 Å². The number of thioether (sulfide) groups is 1. The molecule has 0 unspecified atom stereocenters. The zero-order chi connectivity index (χ0) is 25.1. The molecule has 7 heteroatoms. The number of nitriles is 2. The number of thiophene rings is 1. The lowest BCUT2D eigenvalue weighted by Crippen LogP contribution is -2.12. The van der Waals surface area contributed by atoms with Crippen molar-refractivity contribution in [1.82, 2.24) is 4.98 Å². The molecule has 0 spiro atoms. The summed E-state index contributed by atoms with van der Waals surface area (Å²) in [6.07, 6.45) is 1.95. The topological polar surface area (TPSA) is 89.6 Å². The van der Waals surface area contributed by atoms with Crippen LogP contribution in [0, 0.1) is 29.6 Å². The van der Waals surface area contributed by atoms with Gasteiger partial charge in [0.05, 0.1) is 16.8 Å². The Morgan fingerprint density at radius 2 is 1.86 bits per heavy atom. The number of anilines is 1. The lowest BCUT2D eigenvalue weighted by atomic mass is 9.90. The maximum Gasteiger partial charge on any atom is 0.225 e. The van der Waals surface area contributed by atoms with Crippen molar-refractivity contribution in [1.29, 1.82) is 10.5 Å². The molecule has 1 aliphatic rings. The molecular weight excluding hydrogens is 484 g/mol. The third-order valence-electron chi connectivity index (χ3n) is 6.17. The molecular formula is C29H22N4OS2. The van der Waals surface area contributed by atoms with Crippen LogP contribution in [0.15, 0.2) is 65.7 Å². The number of amides is 1. The van der Waals surface area contributed by atoms with E-state index < -0.39 is 0 Å². The molecule has 0 saturated carbocycles. The summed E-state index contributed by atoms with van der Waals surface area (Å²) >= 11 is 2.87.